The van der Waals surface area contributed by atoms with Crippen LogP contribution >= 0.6 is 23.2 Å². The molecule has 0 atom stereocenters. The average Bonchev–Trinajstić information content (AvgIpc) is 2.27. The van der Waals surface area contributed by atoms with Gasteiger partial charge in [0.25, 0.3) is 0 Å². The van der Waals surface area contributed by atoms with Crippen LogP contribution in [0.4, 0.5) is 5.69 Å². The summed E-state index contributed by atoms with van der Waals surface area (Å²) in [7, 11) is 0. The van der Waals surface area contributed by atoms with Gasteiger partial charge in [-0.15, -0.1) is 0 Å². The summed E-state index contributed by atoms with van der Waals surface area (Å²) in [6.45, 7) is 6.59. The van der Waals surface area contributed by atoms with Gasteiger partial charge in [0.15, 0.2) is 0 Å². The smallest absolute Gasteiger partial charge is 0.0639 e. The molecule has 1 aromatic rings. The van der Waals surface area contributed by atoms with Crippen molar-refractivity contribution in [2.75, 3.05) is 25.1 Å². The summed E-state index contributed by atoms with van der Waals surface area (Å²) >= 11 is 11.9. The lowest BCUT2D eigenvalue weighted by Crippen LogP contribution is -2.11. The molecule has 96 valence electrons. The largest absolute Gasteiger partial charge is 0.381 e. The predicted molar refractivity (Wildman–Crippen MR) is 75.2 cm³/mol. The third-order valence-corrected chi connectivity index (χ3v) is 2.89. The number of rotatable bonds is 7. The minimum atomic E-state index is 0.676. The fourth-order valence-electron chi connectivity index (χ4n) is 1.31. The van der Waals surface area contributed by atoms with Crippen LogP contribution in [-0.2, 0) is 4.74 Å². The molecule has 17 heavy (non-hydrogen) atoms. The van der Waals surface area contributed by atoms with E-state index in [2.05, 4.69) is 19.2 Å². The number of hydrogen-bond acceptors (Lipinski definition) is 2. The third kappa shape index (κ3) is 6.16. The molecule has 0 bridgehead atoms. The van der Waals surface area contributed by atoms with Crippen molar-refractivity contribution in [3.05, 3.63) is 28.2 Å². The van der Waals surface area contributed by atoms with Crippen LogP contribution in [0.2, 0.25) is 10.0 Å². The molecule has 1 aromatic carbocycles. The Hall–Kier alpha value is -0.440. The first kappa shape index (κ1) is 14.6. The lowest BCUT2D eigenvalue weighted by atomic mass is 10.1. The van der Waals surface area contributed by atoms with Gasteiger partial charge in [-0.2, -0.15) is 0 Å². The summed E-state index contributed by atoms with van der Waals surface area (Å²) in [6, 6.07) is 5.37. The third-order valence-electron chi connectivity index (χ3n) is 2.33. The normalized spacial score (nSPS) is 10.9. The molecule has 0 aliphatic rings. The minimum Gasteiger partial charge on any atom is -0.381 e. The number of ether oxygens (including phenoxy) is 1. The average molecular weight is 276 g/mol. The Morgan fingerprint density at radius 3 is 2.71 bits per heavy atom. The molecule has 4 heteroatoms. The van der Waals surface area contributed by atoms with Crippen molar-refractivity contribution in [1.82, 2.24) is 0 Å². The van der Waals surface area contributed by atoms with Gasteiger partial charge in [-0.1, -0.05) is 37.0 Å². The zero-order valence-electron chi connectivity index (χ0n) is 10.3. The van der Waals surface area contributed by atoms with Gasteiger partial charge in [-0.25, -0.2) is 0 Å². The first-order chi connectivity index (χ1) is 8.09. The Labute approximate surface area is 113 Å². The van der Waals surface area contributed by atoms with E-state index in [1.807, 2.05) is 6.07 Å². The molecule has 2 nitrogen and oxygen atoms in total. The summed E-state index contributed by atoms with van der Waals surface area (Å²) in [4.78, 5) is 0. The molecular weight excluding hydrogens is 257 g/mol. The zero-order valence-corrected chi connectivity index (χ0v) is 11.8. The topological polar surface area (TPSA) is 21.3 Å². The molecular formula is C13H19Cl2NO. The molecule has 0 amide bonds. The summed E-state index contributed by atoms with van der Waals surface area (Å²) in [5.74, 6) is 0.685. The van der Waals surface area contributed by atoms with Crippen LogP contribution in [0.15, 0.2) is 18.2 Å². The van der Waals surface area contributed by atoms with Crippen LogP contribution in [0.1, 0.15) is 20.3 Å². The van der Waals surface area contributed by atoms with Gasteiger partial charge in [0, 0.05) is 18.2 Å². The molecule has 1 N–H and O–H groups in total. The Balaban J connectivity index is 2.20. The summed E-state index contributed by atoms with van der Waals surface area (Å²) in [6.07, 6.45) is 1.10. The second-order valence-electron chi connectivity index (χ2n) is 4.35. The van der Waals surface area contributed by atoms with Crippen molar-refractivity contribution in [3.8, 4) is 0 Å². The highest BCUT2D eigenvalue weighted by atomic mass is 35.5. The molecule has 0 radical (unpaired) electrons. The fourth-order valence-corrected chi connectivity index (χ4v) is 1.67. The van der Waals surface area contributed by atoms with Crippen molar-refractivity contribution in [2.45, 2.75) is 20.3 Å². The van der Waals surface area contributed by atoms with Gasteiger partial charge in [-0.05, 0) is 30.5 Å². The Morgan fingerprint density at radius 1 is 1.24 bits per heavy atom. The Morgan fingerprint density at radius 2 is 2.00 bits per heavy atom. The van der Waals surface area contributed by atoms with Crippen LogP contribution in [0, 0.1) is 5.92 Å². The van der Waals surface area contributed by atoms with Crippen LogP contribution < -0.4 is 5.32 Å². The van der Waals surface area contributed by atoms with Gasteiger partial charge in [0.1, 0.15) is 0 Å². The molecule has 0 saturated carbocycles. The van der Waals surface area contributed by atoms with Gasteiger partial charge in [-0.3, -0.25) is 0 Å². The molecule has 0 aliphatic carbocycles. The van der Waals surface area contributed by atoms with E-state index in [1.54, 1.807) is 12.1 Å². The van der Waals surface area contributed by atoms with Crippen molar-refractivity contribution < 1.29 is 4.74 Å². The van der Waals surface area contributed by atoms with Crippen LogP contribution in [-0.4, -0.2) is 19.8 Å². The van der Waals surface area contributed by atoms with Crippen molar-refractivity contribution in [2.24, 2.45) is 5.92 Å². The van der Waals surface area contributed by atoms with Crippen molar-refractivity contribution >= 4 is 28.9 Å². The molecule has 1 rings (SSSR count). The maximum absolute atomic E-state index is 6.02. The first-order valence-corrected chi connectivity index (χ1v) is 6.62. The minimum absolute atomic E-state index is 0.676. The molecule has 0 fully saturated rings. The number of halogens is 2. The Bertz CT molecular complexity index is 342. The van der Waals surface area contributed by atoms with E-state index in [4.69, 9.17) is 27.9 Å². The van der Waals surface area contributed by atoms with Crippen molar-refractivity contribution in [1.29, 1.82) is 0 Å². The molecule has 0 aromatic heterocycles. The lowest BCUT2D eigenvalue weighted by molar-refractivity contribution is 0.132. The molecule has 0 unspecified atom stereocenters. The summed E-state index contributed by atoms with van der Waals surface area (Å²) in [5, 5.41) is 4.56. The lowest BCUT2D eigenvalue weighted by Gasteiger charge is -2.10. The van der Waals surface area contributed by atoms with Crippen LogP contribution in [0.5, 0.6) is 0 Å². The van der Waals surface area contributed by atoms with Crippen LogP contribution in [0.3, 0.4) is 0 Å². The standard InChI is InChI=1S/C13H19Cl2NO/c1-10(2)5-7-17-8-6-16-13-9-11(14)3-4-12(13)15/h3-4,9-10,16H,5-8H2,1-2H3. The Kier molecular flexibility index (Phi) is 6.71. The monoisotopic (exact) mass is 275 g/mol. The predicted octanol–water partition coefficient (Wildman–Crippen LogP) is 4.47. The highest BCUT2D eigenvalue weighted by molar-refractivity contribution is 6.35. The maximum Gasteiger partial charge on any atom is 0.0639 e. The van der Waals surface area contributed by atoms with Crippen LogP contribution in [0.25, 0.3) is 0 Å². The summed E-state index contributed by atoms with van der Waals surface area (Å²) < 4.78 is 5.50. The van der Waals surface area contributed by atoms with Gasteiger partial charge < -0.3 is 10.1 Å². The van der Waals surface area contributed by atoms with E-state index >= 15 is 0 Å². The van der Waals surface area contributed by atoms with Gasteiger partial charge >= 0.3 is 0 Å². The zero-order chi connectivity index (χ0) is 12.7. The van der Waals surface area contributed by atoms with E-state index in [0.717, 1.165) is 25.3 Å². The van der Waals surface area contributed by atoms with E-state index in [9.17, 15) is 0 Å². The van der Waals surface area contributed by atoms with E-state index < -0.39 is 0 Å². The maximum atomic E-state index is 6.02. The molecule has 0 heterocycles. The highest BCUT2D eigenvalue weighted by Crippen LogP contribution is 2.24. The first-order valence-electron chi connectivity index (χ1n) is 5.86. The summed E-state index contributed by atoms with van der Waals surface area (Å²) in [5.41, 5.74) is 0.853. The molecule has 0 aliphatic heterocycles. The second-order valence-corrected chi connectivity index (χ2v) is 5.19. The van der Waals surface area contributed by atoms with Gasteiger partial charge in [0.2, 0.25) is 0 Å². The quantitative estimate of drug-likeness (QED) is 0.742. The molecule has 0 saturated heterocycles. The molecule has 0 spiro atoms. The number of hydrogen-bond donors (Lipinski definition) is 1. The number of anilines is 1. The second kappa shape index (κ2) is 7.80. The number of benzene rings is 1. The van der Waals surface area contributed by atoms with E-state index in [1.165, 1.54) is 0 Å². The number of nitrogens with one attached hydrogen (secondary N) is 1. The highest BCUT2D eigenvalue weighted by Gasteiger charge is 2.00. The van der Waals surface area contributed by atoms with Crippen molar-refractivity contribution in [3.63, 3.8) is 0 Å². The van der Waals surface area contributed by atoms with E-state index in [-0.39, 0.29) is 0 Å². The van der Waals surface area contributed by atoms with E-state index in [0.29, 0.717) is 22.6 Å². The fraction of sp³-hybridized carbons (Fsp3) is 0.538. The SMILES string of the molecule is CC(C)CCOCCNc1cc(Cl)ccc1Cl. The van der Waals surface area contributed by atoms with Gasteiger partial charge in [0.05, 0.1) is 17.3 Å².